The molecule has 0 aliphatic carbocycles. The average Bonchev–Trinajstić information content (AvgIpc) is 4.23. The second-order valence-corrected chi connectivity index (χ2v) is 19.6. The molecular weight excluding hydrogens is 857 g/mol. The van der Waals surface area contributed by atoms with Crippen molar-refractivity contribution in [2.24, 2.45) is 0 Å². The lowest BCUT2D eigenvalue weighted by atomic mass is 9.83. The predicted molar refractivity (Wildman–Crippen MR) is 255 cm³/mol. The molecule has 0 saturated heterocycles. The van der Waals surface area contributed by atoms with Gasteiger partial charge in [0.15, 0.2) is 11.6 Å². The molecule has 0 N–H and O–H groups in total. The molecule has 0 fully saturated rings. The van der Waals surface area contributed by atoms with Gasteiger partial charge in [-0.25, -0.2) is 39.3 Å². The summed E-state index contributed by atoms with van der Waals surface area (Å²) in [5.74, 6) is 6.66. The molecule has 16 nitrogen and oxygen atoms in total. The first-order chi connectivity index (χ1) is 32.8. The van der Waals surface area contributed by atoms with E-state index in [2.05, 4.69) is 74.1 Å². The highest BCUT2D eigenvalue weighted by atomic mass is 16.5. The minimum Gasteiger partial charge on any atom is -0.492 e. The van der Waals surface area contributed by atoms with E-state index in [1.54, 1.807) is 26.9 Å². The van der Waals surface area contributed by atoms with Crippen LogP contribution in [0.4, 0.5) is 0 Å². The predicted octanol–water partition coefficient (Wildman–Crippen LogP) is 8.88. The largest absolute Gasteiger partial charge is 0.492 e. The van der Waals surface area contributed by atoms with Crippen molar-refractivity contribution in [1.82, 2.24) is 58.6 Å². The molecule has 0 amide bonds. The van der Waals surface area contributed by atoms with Crippen LogP contribution in [0.5, 0.6) is 23.3 Å². The molecule has 4 aliphatic heterocycles. The number of nitrogens with zero attached hydrogens (tertiary/aromatic N) is 12. The monoisotopic (exact) mass is 912 g/mol. The molecule has 6 aromatic heterocycles. The smallest absolute Gasteiger partial charge is 0.238 e. The van der Waals surface area contributed by atoms with Gasteiger partial charge < -0.3 is 28.1 Å². The van der Waals surface area contributed by atoms with Crippen molar-refractivity contribution in [3.63, 3.8) is 0 Å². The van der Waals surface area contributed by atoms with Gasteiger partial charge in [-0.05, 0) is 87.1 Å². The summed E-state index contributed by atoms with van der Waals surface area (Å²) in [5, 5.41) is 9.65. The molecule has 2 aromatic carbocycles. The van der Waals surface area contributed by atoms with Crippen molar-refractivity contribution >= 4 is 0 Å². The molecular formula is C52H56N12O4. The van der Waals surface area contributed by atoms with Gasteiger partial charge in [0.05, 0.1) is 51.5 Å². The zero-order valence-corrected chi connectivity index (χ0v) is 39.9. The molecule has 0 bridgehead atoms. The lowest BCUT2D eigenvalue weighted by molar-refractivity contribution is 0.291. The first-order valence-corrected chi connectivity index (χ1v) is 23.4. The second-order valence-electron chi connectivity index (χ2n) is 19.6. The molecule has 8 aromatic rings. The number of benzene rings is 2. The maximum Gasteiger partial charge on any atom is 0.238 e. The van der Waals surface area contributed by atoms with E-state index in [4.69, 9.17) is 49.1 Å². The van der Waals surface area contributed by atoms with Crippen LogP contribution in [0.2, 0.25) is 0 Å². The summed E-state index contributed by atoms with van der Waals surface area (Å²) in [6, 6.07) is 21.0. The molecule has 4 aliphatic rings. The van der Waals surface area contributed by atoms with Gasteiger partial charge in [0.25, 0.3) is 0 Å². The van der Waals surface area contributed by atoms with Crippen LogP contribution in [0.25, 0.3) is 34.4 Å². The minimum absolute atomic E-state index is 0.0227. The fraction of sp³-hybridized carbons (Fsp3) is 0.385. The lowest BCUT2D eigenvalue weighted by Crippen LogP contribution is -2.20. The SMILES string of the molecule is COc1nc(-c2nc3n(n2)CCC[C@@H]3c2ccc3c(c2)C(C)(C)CO3)ccc1-n1cnc(C)c1.COc1nc(-c2nc3n(n2)CCC[C@H]3c2ccc3c(c2)C(C)(C)CO3)ccc1-n1cnc(C)c1. The number of aryl methyl sites for hydroxylation is 4. The lowest BCUT2D eigenvalue weighted by Gasteiger charge is -2.24. The van der Waals surface area contributed by atoms with E-state index < -0.39 is 0 Å². The Morgan fingerprint density at radius 3 is 1.41 bits per heavy atom. The van der Waals surface area contributed by atoms with E-state index in [-0.39, 0.29) is 22.7 Å². The van der Waals surface area contributed by atoms with E-state index >= 15 is 0 Å². The van der Waals surface area contributed by atoms with Crippen LogP contribution in [0.3, 0.4) is 0 Å². The van der Waals surface area contributed by atoms with E-state index in [0.717, 1.165) is 97.9 Å². The van der Waals surface area contributed by atoms with Crippen LogP contribution in [-0.2, 0) is 23.9 Å². The number of aromatic nitrogens is 12. The highest BCUT2D eigenvalue weighted by molar-refractivity contribution is 5.58. The molecule has 68 heavy (non-hydrogen) atoms. The second kappa shape index (κ2) is 16.8. The van der Waals surface area contributed by atoms with Crippen LogP contribution >= 0.6 is 0 Å². The van der Waals surface area contributed by atoms with Gasteiger partial charge in [-0.15, -0.1) is 10.2 Å². The minimum atomic E-state index is 0.0227. The molecule has 12 rings (SSSR count). The molecule has 16 heteroatoms. The summed E-state index contributed by atoms with van der Waals surface area (Å²) < 4.78 is 30.9. The Kier molecular flexibility index (Phi) is 10.6. The van der Waals surface area contributed by atoms with Gasteiger partial charge >= 0.3 is 0 Å². The normalized spacial score (nSPS) is 18.3. The topological polar surface area (TPSA) is 160 Å². The van der Waals surface area contributed by atoms with E-state index in [1.807, 2.05) is 69.0 Å². The molecule has 2 atom stereocenters. The molecule has 0 radical (unpaired) electrons. The van der Waals surface area contributed by atoms with Gasteiger partial charge in [0.1, 0.15) is 45.9 Å². The highest BCUT2D eigenvalue weighted by Crippen LogP contribution is 2.44. The highest BCUT2D eigenvalue weighted by Gasteiger charge is 2.36. The average molecular weight is 913 g/mol. The zero-order chi connectivity index (χ0) is 46.9. The summed E-state index contributed by atoms with van der Waals surface area (Å²) in [7, 11) is 3.25. The van der Waals surface area contributed by atoms with Gasteiger partial charge in [-0.1, -0.05) is 52.0 Å². The Morgan fingerprint density at radius 1 is 0.574 bits per heavy atom. The number of rotatable bonds is 8. The summed E-state index contributed by atoms with van der Waals surface area (Å²) in [6.07, 6.45) is 11.6. The Balaban J connectivity index is 0.000000149. The fourth-order valence-electron chi connectivity index (χ4n) is 9.97. The number of fused-ring (bicyclic) bond motifs is 4. The van der Waals surface area contributed by atoms with Crippen LogP contribution in [-0.4, -0.2) is 86.0 Å². The maximum atomic E-state index is 5.89. The van der Waals surface area contributed by atoms with Crippen molar-refractivity contribution in [3.05, 3.63) is 131 Å². The first kappa shape index (κ1) is 43.2. The third-order valence-electron chi connectivity index (χ3n) is 13.7. The Morgan fingerprint density at radius 2 is 1.01 bits per heavy atom. The summed E-state index contributed by atoms with van der Waals surface area (Å²) in [6.45, 7) is 16.0. The fourth-order valence-corrected chi connectivity index (χ4v) is 9.97. The van der Waals surface area contributed by atoms with Gasteiger partial charge in [0, 0.05) is 59.3 Å². The van der Waals surface area contributed by atoms with E-state index in [1.165, 1.54) is 22.3 Å². The molecule has 348 valence electrons. The number of imidazole rings is 2. The standard InChI is InChI=1S/2C26H28N6O2/c2*1-16-13-31(15-27-16)21-9-8-20(28-25(21)33-4)23-29-24-18(6-5-11-32(24)30-23)17-7-10-22-19(12-17)26(2,3)14-34-22/h2*7-10,12-13,15,18H,5-6,11,14H2,1-4H3/t2*18-/m10/s1. The number of hydrogen-bond donors (Lipinski definition) is 0. The van der Waals surface area contributed by atoms with E-state index in [9.17, 15) is 0 Å². The first-order valence-electron chi connectivity index (χ1n) is 23.4. The molecule has 0 unspecified atom stereocenters. The van der Waals surface area contributed by atoms with Gasteiger partial charge in [0.2, 0.25) is 11.8 Å². The Hall–Kier alpha value is -7.36. The van der Waals surface area contributed by atoms with Gasteiger partial charge in [-0.3, -0.25) is 0 Å². The zero-order valence-electron chi connectivity index (χ0n) is 39.9. The summed E-state index contributed by atoms with van der Waals surface area (Å²) in [5.41, 5.74) is 10.1. The van der Waals surface area contributed by atoms with Crippen LogP contribution in [0, 0.1) is 13.8 Å². The Labute approximate surface area is 395 Å². The van der Waals surface area contributed by atoms with Crippen molar-refractivity contribution in [2.75, 3.05) is 27.4 Å². The quantitative estimate of drug-likeness (QED) is 0.143. The maximum absolute atomic E-state index is 5.89. The van der Waals surface area contributed by atoms with E-state index in [0.29, 0.717) is 34.8 Å². The number of ether oxygens (including phenoxy) is 4. The molecule has 0 saturated carbocycles. The summed E-state index contributed by atoms with van der Waals surface area (Å²) >= 11 is 0. The Bertz CT molecular complexity index is 2980. The van der Waals surface area contributed by atoms with Crippen molar-refractivity contribution in [1.29, 1.82) is 0 Å². The number of methoxy groups -OCH3 is 2. The van der Waals surface area contributed by atoms with Crippen molar-refractivity contribution in [2.45, 2.75) is 103 Å². The van der Waals surface area contributed by atoms with Crippen LogP contribution < -0.4 is 18.9 Å². The molecule has 0 spiro atoms. The van der Waals surface area contributed by atoms with Crippen molar-refractivity contribution in [3.8, 4) is 57.7 Å². The van der Waals surface area contributed by atoms with Crippen molar-refractivity contribution < 1.29 is 18.9 Å². The molecule has 10 heterocycles. The third kappa shape index (κ3) is 7.74. The number of hydrogen-bond acceptors (Lipinski definition) is 12. The summed E-state index contributed by atoms with van der Waals surface area (Å²) in [4.78, 5) is 28.0. The third-order valence-corrected chi connectivity index (χ3v) is 13.7. The van der Waals surface area contributed by atoms with Gasteiger partial charge in [-0.2, -0.15) is 0 Å². The van der Waals surface area contributed by atoms with Crippen LogP contribution in [0.1, 0.15) is 111 Å². The number of pyridine rings is 2. The van der Waals surface area contributed by atoms with Crippen LogP contribution in [0.15, 0.2) is 85.7 Å².